The fourth-order valence-electron chi connectivity index (χ4n) is 5.23. The van der Waals surface area contributed by atoms with Crippen LogP contribution in [0.3, 0.4) is 0 Å². The minimum Gasteiger partial charge on any atom is -0.496 e. The number of ether oxygens (including phenoxy) is 2. The Balaban J connectivity index is 1.44. The van der Waals surface area contributed by atoms with Crippen molar-refractivity contribution in [2.24, 2.45) is 0 Å². The zero-order valence-corrected chi connectivity index (χ0v) is 22.1. The van der Waals surface area contributed by atoms with Gasteiger partial charge in [0.1, 0.15) is 22.7 Å². The van der Waals surface area contributed by atoms with E-state index in [9.17, 15) is 9.59 Å². The van der Waals surface area contributed by atoms with Gasteiger partial charge in [-0.1, -0.05) is 48.5 Å². The van der Waals surface area contributed by atoms with Crippen LogP contribution in [0.5, 0.6) is 11.5 Å². The van der Waals surface area contributed by atoms with Crippen molar-refractivity contribution < 1.29 is 19.1 Å². The van der Waals surface area contributed by atoms with Gasteiger partial charge in [0.15, 0.2) is 0 Å². The highest BCUT2D eigenvalue weighted by Crippen LogP contribution is 2.33. The first-order chi connectivity index (χ1) is 18.4. The molecule has 0 aliphatic carbocycles. The normalized spacial score (nSPS) is 16.8. The van der Waals surface area contributed by atoms with Crippen LogP contribution in [-0.2, 0) is 24.3 Å². The Morgan fingerprint density at radius 2 is 1.76 bits per heavy atom. The van der Waals surface area contributed by atoms with E-state index in [1.165, 1.54) is 0 Å². The Morgan fingerprint density at radius 1 is 1.03 bits per heavy atom. The number of carbonyl (C=O) groups is 2. The van der Waals surface area contributed by atoms with Crippen LogP contribution in [0.15, 0.2) is 78.9 Å². The van der Waals surface area contributed by atoms with Crippen molar-refractivity contribution in [2.45, 2.75) is 38.9 Å². The van der Waals surface area contributed by atoms with Crippen LogP contribution in [0, 0.1) is 0 Å². The highest BCUT2D eigenvalue weighted by molar-refractivity contribution is 6.03. The monoisotopic (exact) mass is 511 g/mol. The molecule has 7 nitrogen and oxygen atoms in total. The van der Waals surface area contributed by atoms with E-state index in [-0.39, 0.29) is 11.8 Å². The van der Waals surface area contributed by atoms with Gasteiger partial charge in [0, 0.05) is 29.6 Å². The fourth-order valence-corrected chi connectivity index (χ4v) is 5.23. The number of hydrogen-bond donors (Lipinski definition) is 1. The topological polar surface area (TPSA) is 72.8 Å². The molecule has 0 fully saturated rings. The number of carbonyl (C=O) groups excluding carboxylic acids is 2. The molecule has 0 saturated heterocycles. The molecule has 2 amide bonds. The van der Waals surface area contributed by atoms with Crippen molar-refractivity contribution in [1.29, 1.82) is 0 Å². The number of nitrogens with one attached hydrogen (secondary N) is 1. The summed E-state index contributed by atoms with van der Waals surface area (Å²) in [5.41, 5.74) is 2.42. The fraction of sp³-hybridized carbons (Fsp3) is 0.290. The molecule has 0 spiro atoms. The summed E-state index contributed by atoms with van der Waals surface area (Å²) in [5, 5.41) is 4.07. The van der Waals surface area contributed by atoms with Gasteiger partial charge in [-0.15, -0.1) is 0 Å². The van der Waals surface area contributed by atoms with Gasteiger partial charge in [0.2, 0.25) is 5.91 Å². The number of aromatic nitrogens is 1. The largest absolute Gasteiger partial charge is 0.496 e. The number of hydrogen-bond acceptors (Lipinski definition) is 4. The van der Waals surface area contributed by atoms with Gasteiger partial charge in [-0.05, 0) is 56.2 Å². The van der Waals surface area contributed by atoms with E-state index in [1.807, 2.05) is 97.3 Å². The molecule has 3 aromatic carbocycles. The summed E-state index contributed by atoms with van der Waals surface area (Å²) >= 11 is 0. The van der Waals surface area contributed by atoms with Crippen LogP contribution >= 0.6 is 0 Å². The Hall–Kier alpha value is -4.26. The van der Waals surface area contributed by atoms with Gasteiger partial charge in [-0.3, -0.25) is 9.59 Å². The second kappa shape index (κ2) is 10.6. The lowest BCUT2D eigenvalue weighted by molar-refractivity contribution is -0.133. The molecule has 1 aliphatic heterocycles. The molecule has 4 aromatic rings. The first kappa shape index (κ1) is 25.4. The average molecular weight is 512 g/mol. The molecule has 7 heteroatoms. The van der Waals surface area contributed by atoms with E-state index in [4.69, 9.17) is 9.47 Å². The number of amides is 2. The van der Waals surface area contributed by atoms with Crippen molar-refractivity contribution in [3.63, 3.8) is 0 Å². The van der Waals surface area contributed by atoms with Crippen molar-refractivity contribution >= 4 is 22.7 Å². The molecular weight excluding hydrogens is 478 g/mol. The van der Waals surface area contributed by atoms with Crippen molar-refractivity contribution in [1.82, 2.24) is 14.8 Å². The van der Waals surface area contributed by atoms with Gasteiger partial charge < -0.3 is 24.3 Å². The van der Waals surface area contributed by atoms with Crippen LogP contribution in [0.1, 0.15) is 35.5 Å². The van der Waals surface area contributed by atoms with Crippen molar-refractivity contribution in [3.8, 4) is 11.5 Å². The third kappa shape index (κ3) is 4.72. The summed E-state index contributed by atoms with van der Waals surface area (Å²) in [6.07, 6.45) is 0.619. The van der Waals surface area contributed by atoms with E-state index < -0.39 is 5.54 Å². The number of benzene rings is 3. The summed E-state index contributed by atoms with van der Waals surface area (Å²) in [7, 11) is 1.61. The zero-order valence-electron chi connectivity index (χ0n) is 22.1. The molecule has 196 valence electrons. The molecule has 38 heavy (non-hydrogen) atoms. The van der Waals surface area contributed by atoms with Crippen LogP contribution < -0.4 is 14.8 Å². The summed E-state index contributed by atoms with van der Waals surface area (Å²) in [6, 6.07) is 25.3. The minimum atomic E-state index is -1.08. The Bertz CT molecular complexity index is 1460. The van der Waals surface area contributed by atoms with Crippen LogP contribution in [0.4, 0.5) is 0 Å². The van der Waals surface area contributed by atoms with Gasteiger partial charge >= 0.3 is 0 Å². The van der Waals surface area contributed by atoms with Crippen LogP contribution in [0.25, 0.3) is 10.9 Å². The molecule has 5 rings (SSSR count). The third-order valence-corrected chi connectivity index (χ3v) is 7.32. The van der Waals surface area contributed by atoms with Gasteiger partial charge in [-0.25, -0.2) is 0 Å². The second-order valence-corrected chi connectivity index (χ2v) is 9.73. The maximum absolute atomic E-state index is 13.9. The van der Waals surface area contributed by atoms with Gasteiger partial charge in [0.25, 0.3) is 5.91 Å². The molecular formula is C31H33N3O4. The van der Waals surface area contributed by atoms with E-state index in [1.54, 1.807) is 12.0 Å². The van der Waals surface area contributed by atoms with Crippen molar-refractivity contribution in [2.75, 3.05) is 20.3 Å². The molecule has 1 aromatic heterocycles. The lowest BCUT2D eigenvalue weighted by Crippen LogP contribution is -2.64. The maximum atomic E-state index is 13.9. The molecule has 0 unspecified atom stereocenters. The molecule has 0 bridgehead atoms. The Labute approximate surface area is 223 Å². The summed E-state index contributed by atoms with van der Waals surface area (Å²) in [6.45, 7) is 5.50. The number of rotatable bonds is 9. The SMILES string of the molecule is CCOc1ccc(CCN2C(=O)c3cc4ccccc4n3C[C@]2(C)C(=O)NCc2ccccc2OC)cc1. The molecule has 1 atom stereocenters. The highest BCUT2D eigenvalue weighted by Gasteiger charge is 2.47. The first-order valence-electron chi connectivity index (χ1n) is 13.0. The predicted octanol–water partition coefficient (Wildman–Crippen LogP) is 4.82. The maximum Gasteiger partial charge on any atom is 0.271 e. The smallest absolute Gasteiger partial charge is 0.271 e. The average Bonchev–Trinajstić information content (AvgIpc) is 3.31. The lowest BCUT2D eigenvalue weighted by Gasteiger charge is -2.44. The van der Waals surface area contributed by atoms with Gasteiger partial charge in [0.05, 0.1) is 20.3 Å². The molecule has 0 radical (unpaired) electrons. The summed E-state index contributed by atoms with van der Waals surface area (Å²) in [5.74, 6) is 1.18. The molecule has 0 saturated carbocycles. The van der Waals surface area contributed by atoms with Crippen LogP contribution in [0.2, 0.25) is 0 Å². The quantitative estimate of drug-likeness (QED) is 0.350. The molecule has 1 aliphatic rings. The second-order valence-electron chi connectivity index (χ2n) is 9.73. The number of fused-ring (bicyclic) bond motifs is 3. The standard InChI is InChI=1S/C31H33N3O4/c1-4-38-25-15-13-22(14-16-25)17-18-34-29(35)27-19-23-9-5-7-11-26(23)33(27)21-31(34,2)30(36)32-20-24-10-6-8-12-28(24)37-3/h5-16,19H,4,17-18,20-21H2,1-3H3,(H,32,36)/t31-/m1/s1. The number of nitrogens with zero attached hydrogens (tertiary/aromatic N) is 2. The molecule has 2 heterocycles. The lowest BCUT2D eigenvalue weighted by atomic mass is 9.93. The molecule has 1 N–H and O–H groups in total. The number of para-hydroxylation sites is 2. The summed E-state index contributed by atoms with van der Waals surface area (Å²) in [4.78, 5) is 29.5. The van der Waals surface area contributed by atoms with E-state index in [0.717, 1.165) is 27.8 Å². The highest BCUT2D eigenvalue weighted by atomic mass is 16.5. The van der Waals surface area contributed by atoms with E-state index in [2.05, 4.69) is 5.32 Å². The predicted molar refractivity (Wildman–Crippen MR) is 148 cm³/mol. The van der Waals surface area contributed by atoms with Gasteiger partial charge in [-0.2, -0.15) is 0 Å². The van der Waals surface area contributed by atoms with Crippen LogP contribution in [-0.4, -0.2) is 47.1 Å². The minimum absolute atomic E-state index is 0.145. The third-order valence-electron chi connectivity index (χ3n) is 7.32. The van der Waals surface area contributed by atoms with Crippen molar-refractivity contribution in [3.05, 3.63) is 95.7 Å². The van der Waals surface area contributed by atoms with E-state index >= 15 is 0 Å². The zero-order chi connectivity index (χ0) is 26.7. The van der Waals surface area contributed by atoms with E-state index in [0.29, 0.717) is 44.1 Å². The first-order valence-corrected chi connectivity index (χ1v) is 13.0. The Morgan fingerprint density at radius 3 is 2.53 bits per heavy atom. The summed E-state index contributed by atoms with van der Waals surface area (Å²) < 4.78 is 13.0. The number of methoxy groups -OCH3 is 1. The Kier molecular flexibility index (Phi) is 7.09.